The van der Waals surface area contributed by atoms with Gasteiger partial charge in [-0.3, -0.25) is 0 Å². The molecule has 3 aromatic carbocycles. The summed E-state index contributed by atoms with van der Waals surface area (Å²) in [6, 6.07) is 11.5. The zero-order valence-electron chi connectivity index (χ0n) is 17.4. The second kappa shape index (κ2) is 8.16. The van der Waals surface area contributed by atoms with Crippen molar-refractivity contribution in [2.45, 2.75) is 11.1 Å². The first-order chi connectivity index (χ1) is 15.5. The molecule has 0 atom stereocenters. The van der Waals surface area contributed by atoms with Crippen LogP contribution in [0.15, 0.2) is 53.4 Å². The van der Waals surface area contributed by atoms with Gasteiger partial charge in [-0.25, -0.2) is 13.6 Å². The van der Waals surface area contributed by atoms with E-state index in [4.69, 9.17) is 24.1 Å². The molecule has 0 bridgehead atoms. The van der Waals surface area contributed by atoms with Gasteiger partial charge in [0.05, 0.1) is 19.1 Å². The molecule has 1 aliphatic rings. The number of primary sulfonamides is 1. The molecule has 1 aliphatic heterocycles. The standard InChI is InChI=1S/C22H18F3NO6S/c1-29-18-7-12(8-19(30-2)21(18)22(23,24)25)14-9-16-17(32-11-31-16)10-15(14)13-5-3-4-6-20(13)33(26,27)28/h3-10H,11H2,1-2H3,(H2,26,27,28). The lowest BCUT2D eigenvalue weighted by Crippen LogP contribution is -2.13. The molecule has 174 valence electrons. The summed E-state index contributed by atoms with van der Waals surface area (Å²) in [5, 5.41) is 5.41. The van der Waals surface area contributed by atoms with Crippen molar-refractivity contribution in [3.8, 4) is 45.3 Å². The Morgan fingerprint density at radius 3 is 1.94 bits per heavy atom. The maximum Gasteiger partial charge on any atom is 0.423 e. The van der Waals surface area contributed by atoms with Gasteiger partial charge in [0, 0.05) is 5.56 Å². The summed E-state index contributed by atoms with van der Waals surface area (Å²) in [6.45, 7) is -0.0608. The second-order valence-electron chi connectivity index (χ2n) is 7.05. The normalized spacial score (nSPS) is 13.2. The number of ether oxygens (including phenoxy) is 4. The molecule has 0 fully saturated rings. The summed E-state index contributed by atoms with van der Waals surface area (Å²) in [6.07, 6.45) is -4.73. The summed E-state index contributed by atoms with van der Waals surface area (Å²) in [7, 11) is -1.89. The Morgan fingerprint density at radius 1 is 0.879 bits per heavy atom. The predicted octanol–water partition coefficient (Wildman–Crippen LogP) is 4.43. The molecule has 0 aliphatic carbocycles. The van der Waals surface area contributed by atoms with Gasteiger partial charge in [-0.15, -0.1) is 0 Å². The Kier molecular flexibility index (Phi) is 5.62. The van der Waals surface area contributed by atoms with Gasteiger partial charge in [-0.1, -0.05) is 18.2 Å². The van der Waals surface area contributed by atoms with Crippen LogP contribution in [0.2, 0.25) is 0 Å². The minimum Gasteiger partial charge on any atom is -0.496 e. The fourth-order valence-corrected chi connectivity index (χ4v) is 4.44. The van der Waals surface area contributed by atoms with E-state index in [-0.39, 0.29) is 22.8 Å². The smallest absolute Gasteiger partial charge is 0.423 e. The molecule has 4 rings (SSSR count). The van der Waals surface area contributed by atoms with E-state index in [1.165, 1.54) is 24.3 Å². The third kappa shape index (κ3) is 4.16. The molecule has 1 heterocycles. The van der Waals surface area contributed by atoms with Gasteiger partial charge < -0.3 is 18.9 Å². The van der Waals surface area contributed by atoms with E-state index in [2.05, 4.69) is 0 Å². The first-order valence-electron chi connectivity index (χ1n) is 9.44. The molecule has 2 N–H and O–H groups in total. The molecule has 7 nitrogen and oxygen atoms in total. The van der Waals surface area contributed by atoms with E-state index in [1.54, 1.807) is 24.3 Å². The Bertz CT molecular complexity index is 1310. The van der Waals surface area contributed by atoms with Crippen LogP contribution in [-0.2, 0) is 16.2 Å². The van der Waals surface area contributed by atoms with Crippen LogP contribution in [0.4, 0.5) is 13.2 Å². The molecule has 0 spiro atoms. The average molecular weight is 481 g/mol. The van der Waals surface area contributed by atoms with Crippen molar-refractivity contribution in [3.05, 3.63) is 54.1 Å². The van der Waals surface area contributed by atoms with Crippen molar-refractivity contribution >= 4 is 10.0 Å². The maximum atomic E-state index is 13.6. The van der Waals surface area contributed by atoms with E-state index in [0.29, 0.717) is 22.6 Å². The first-order valence-corrected chi connectivity index (χ1v) is 11.0. The molecule has 0 radical (unpaired) electrons. The minimum atomic E-state index is -4.73. The van der Waals surface area contributed by atoms with Gasteiger partial charge in [0.15, 0.2) is 11.5 Å². The summed E-state index contributed by atoms with van der Waals surface area (Å²) >= 11 is 0. The van der Waals surface area contributed by atoms with Gasteiger partial charge in [-0.05, 0) is 47.0 Å². The molecule has 33 heavy (non-hydrogen) atoms. The summed E-state index contributed by atoms with van der Waals surface area (Å²) in [4.78, 5) is -0.157. The van der Waals surface area contributed by atoms with Crippen LogP contribution in [0.3, 0.4) is 0 Å². The largest absolute Gasteiger partial charge is 0.496 e. The molecular weight excluding hydrogens is 463 g/mol. The van der Waals surface area contributed by atoms with Gasteiger partial charge in [-0.2, -0.15) is 13.2 Å². The molecule has 0 aromatic heterocycles. The number of benzene rings is 3. The van der Waals surface area contributed by atoms with Crippen LogP contribution in [-0.4, -0.2) is 29.4 Å². The van der Waals surface area contributed by atoms with Gasteiger partial charge in [0.2, 0.25) is 16.8 Å². The lowest BCUT2D eigenvalue weighted by molar-refractivity contribution is -0.139. The maximum absolute atomic E-state index is 13.6. The number of halogens is 3. The SMILES string of the molecule is COc1cc(-c2cc3c(cc2-c2ccccc2S(N)(=O)=O)OCO3)cc(OC)c1C(F)(F)F. The summed E-state index contributed by atoms with van der Waals surface area (Å²) in [5.74, 6) is -0.219. The summed E-state index contributed by atoms with van der Waals surface area (Å²) < 4.78 is 86.3. The highest BCUT2D eigenvalue weighted by molar-refractivity contribution is 7.89. The van der Waals surface area contributed by atoms with Crippen molar-refractivity contribution in [3.63, 3.8) is 0 Å². The predicted molar refractivity (Wildman–Crippen MR) is 113 cm³/mol. The van der Waals surface area contributed by atoms with Crippen molar-refractivity contribution in [1.29, 1.82) is 0 Å². The van der Waals surface area contributed by atoms with Crippen LogP contribution in [0, 0.1) is 0 Å². The zero-order chi connectivity index (χ0) is 24.0. The van der Waals surface area contributed by atoms with Gasteiger partial charge in [0.1, 0.15) is 17.1 Å². The lowest BCUT2D eigenvalue weighted by Gasteiger charge is -2.19. The monoisotopic (exact) mass is 481 g/mol. The number of fused-ring (bicyclic) bond motifs is 1. The number of methoxy groups -OCH3 is 2. The topological polar surface area (TPSA) is 97.1 Å². The third-order valence-corrected chi connectivity index (χ3v) is 6.07. The van der Waals surface area contributed by atoms with Crippen molar-refractivity contribution in [2.24, 2.45) is 5.14 Å². The van der Waals surface area contributed by atoms with E-state index in [0.717, 1.165) is 14.2 Å². The van der Waals surface area contributed by atoms with Crippen molar-refractivity contribution in [2.75, 3.05) is 21.0 Å². The number of hydrogen-bond acceptors (Lipinski definition) is 6. The highest BCUT2D eigenvalue weighted by Gasteiger charge is 2.39. The minimum absolute atomic E-state index is 0.0608. The highest BCUT2D eigenvalue weighted by Crippen LogP contribution is 2.49. The molecule has 11 heteroatoms. The number of sulfonamides is 1. The Hall–Kier alpha value is -3.44. The number of alkyl halides is 3. The Morgan fingerprint density at radius 2 is 1.42 bits per heavy atom. The third-order valence-electron chi connectivity index (χ3n) is 5.10. The molecular formula is C22H18F3NO6S. The average Bonchev–Trinajstić information content (AvgIpc) is 3.23. The van der Waals surface area contributed by atoms with Crippen LogP contribution < -0.4 is 24.1 Å². The van der Waals surface area contributed by atoms with E-state index in [9.17, 15) is 21.6 Å². The van der Waals surface area contributed by atoms with Crippen molar-refractivity contribution < 1.29 is 40.5 Å². The summed E-state index contributed by atoms with van der Waals surface area (Å²) in [5.41, 5.74) is 0.164. The van der Waals surface area contributed by atoms with E-state index in [1.807, 2.05) is 0 Å². The fourth-order valence-electron chi connectivity index (χ4n) is 3.69. The lowest BCUT2D eigenvalue weighted by atomic mass is 9.92. The van der Waals surface area contributed by atoms with Crippen molar-refractivity contribution in [1.82, 2.24) is 0 Å². The zero-order valence-corrected chi connectivity index (χ0v) is 18.2. The van der Waals surface area contributed by atoms with Crippen LogP contribution >= 0.6 is 0 Å². The molecule has 3 aromatic rings. The van der Waals surface area contributed by atoms with Crippen LogP contribution in [0.1, 0.15) is 5.56 Å². The fraction of sp³-hybridized carbons (Fsp3) is 0.182. The number of nitrogens with two attached hydrogens (primary N) is 1. The van der Waals surface area contributed by atoms with Crippen LogP contribution in [0.5, 0.6) is 23.0 Å². The molecule has 0 saturated heterocycles. The van der Waals surface area contributed by atoms with E-state index < -0.39 is 33.3 Å². The molecule has 0 saturated carbocycles. The quantitative estimate of drug-likeness (QED) is 0.579. The molecule has 0 amide bonds. The van der Waals surface area contributed by atoms with E-state index >= 15 is 0 Å². The highest BCUT2D eigenvalue weighted by atomic mass is 32.2. The number of rotatable bonds is 5. The molecule has 0 unspecified atom stereocenters. The van der Waals surface area contributed by atoms with Crippen LogP contribution in [0.25, 0.3) is 22.3 Å². The Balaban J connectivity index is 2.05. The first kappa shape index (κ1) is 22.7. The van der Waals surface area contributed by atoms with Gasteiger partial charge in [0.25, 0.3) is 0 Å². The Labute approximate surface area is 187 Å². The van der Waals surface area contributed by atoms with Gasteiger partial charge >= 0.3 is 6.18 Å². The second-order valence-corrected chi connectivity index (χ2v) is 8.58. The number of hydrogen-bond donors (Lipinski definition) is 1.